The molecular formula is C14H18N2O3. The Kier molecular flexibility index (Phi) is 5.92. The van der Waals surface area contributed by atoms with E-state index in [9.17, 15) is 15.2 Å². The van der Waals surface area contributed by atoms with Gasteiger partial charge in [0.05, 0.1) is 11.0 Å². The summed E-state index contributed by atoms with van der Waals surface area (Å²) in [6.07, 6.45) is 2.70. The Morgan fingerprint density at radius 3 is 2.53 bits per heavy atom. The van der Waals surface area contributed by atoms with Crippen LogP contribution in [0.15, 0.2) is 49.6 Å². The molecule has 0 fully saturated rings. The van der Waals surface area contributed by atoms with E-state index in [4.69, 9.17) is 0 Å². The number of hydrogen-bond acceptors (Lipinski definition) is 4. The van der Waals surface area contributed by atoms with Crippen LogP contribution in [0, 0.1) is 10.1 Å². The first-order valence-corrected chi connectivity index (χ1v) is 5.95. The molecule has 1 unspecified atom stereocenters. The molecule has 0 saturated carbocycles. The number of hydrogen-bond donors (Lipinski definition) is 1. The van der Waals surface area contributed by atoms with Crippen LogP contribution in [0.3, 0.4) is 0 Å². The maximum absolute atomic E-state index is 10.7. The molecule has 0 amide bonds. The highest BCUT2D eigenvalue weighted by molar-refractivity contribution is 5.35. The second-order valence-corrected chi connectivity index (χ2v) is 4.16. The monoisotopic (exact) mass is 262 g/mol. The molecule has 1 rings (SSSR count). The third-order valence-electron chi connectivity index (χ3n) is 2.67. The molecule has 19 heavy (non-hydrogen) atoms. The van der Waals surface area contributed by atoms with Gasteiger partial charge in [-0.25, -0.2) is 0 Å². The molecule has 0 spiro atoms. The summed E-state index contributed by atoms with van der Waals surface area (Å²) in [4.78, 5) is 12.2. The highest BCUT2D eigenvalue weighted by atomic mass is 16.6. The van der Waals surface area contributed by atoms with Crippen LogP contribution in [0.4, 0.5) is 5.69 Å². The lowest BCUT2D eigenvalue weighted by atomic mass is 10.1. The number of nitro benzene ring substituents is 1. The van der Waals surface area contributed by atoms with Gasteiger partial charge in [0, 0.05) is 31.8 Å². The normalized spacial score (nSPS) is 12.1. The first-order valence-electron chi connectivity index (χ1n) is 5.95. The molecule has 0 aliphatic heterocycles. The average Bonchev–Trinajstić information content (AvgIpc) is 2.39. The van der Waals surface area contributed by atoms with Crippen molar-refractivity contribution >= 4 is 5.69 Å². The lowest BCUT2D eigenvalue weighted by molar-refractivity contribution is -0.385. The van der Waals surface area contributed by atoms with E-state index in [0.29, 0.717) is 25.2 Å². The van der Waals surface area contributed by atoms with Crippen molar-refractivity contribution in [3.8, 4) is 0 Å². The van der Waals surface area contributed by atoms with E-state index in [1.807, 2.05) is 4.90 Å². The highest BCUT2D eigenvalue weighted by Gasteiger charge is 2.14. The number of non-ortho nitro benzene ring substituents is 1. The van der Waals surface area contributed by atoms with Crippen molar-refractivity contribution < 1.29 is 10.0 Å². The zero-order valence-corrected chi connectivity index (χ0v) is 10.7. The Morgan fingerprint density at radius 2 is 2.00 bits per heavy atom. The molecule has 1 aromatic carbocycles. The Morgan fingerprint density at radius 1 is 1.37 bits per heavy atom. The van der Waals surface area contributed by atoms with Crippen molar-refractivity contribution in [1.29, 1.82) is 0 Å². The van der Waals surface area contributed by atoms with Crippen LogP contribution in [-0.2, 0) is 0 Å². The Balaban J connectivity index is 2.78. The number of aliphatic hydroxyl groups is 1. The van der Waals surface area contributed by atoms with Gasteiger partial charge in [0.25, 0.3) is 5.69 Å². The van der Waals surface area contributed by atoms with Crippen molar-refractivity contribution in [3.05, 3.63) is 65.3 Å². The lowest BCUT2D eigenvalue weighted by Crippen LogP contribution is -2.29. The van der Waals surface area contributed by atoms with Crippen molar-refractivity contribution in [2.75, 3.05) is 19.6 Å². The smallest absolute Gasteiger partial charge is 0.269 e. The predicted molar refractivity (Wildman–Crippen MR) is 74.9 cm³/mol. The van der Waals surface area contributed by atoms with Crippen LogP contribution in [0.1, 0.15) is 11.7 Å². The topological polar surface area (TPSA) is 66.6 Å². The second-order valence-electron chi connectivity index (χ2n) is 4.16. The van der Waals surface area contributed by atoms with Crippen molar-refractivity contribution in [2.24, 2.45) is 0 Å². The van der Waals surface area contributed by atoms with Crippen LogP contribution < -0.4 is 0 Å². The first kappa shape index (κ1) is 15.1. The Hall–Kier alpha value is -1.98. The first-order chi connectivity index (χ1) is 9.08. The molecule has 1 aromatic rings. The van der Waals surface area contributed by atoms with Crippen molar-refractivity contribution in [3.63, 3.8) is 0 Å². The molecule has 5 nitrogen and oxygen atoms in total. The largest absolute Gasteiger partial charge is 0.387 e. The van der Waals surface area contributed by atoms with Crippen LogP contribution in [0.2, 0.25) is 0 Å². The summed E-state index contributed by atoms with van der Waals surface area (Å²) in [5, 5.41) is 20.8. The van der Waals surface area contributed by atoms with E-state index in [2.05, 4.69) is 13.2 Å². The van der Waals surface area contributed by atoms with Gasteiger partial charge in [0.1, 0.15) is 0 Å². The van der Waals surface area contributed by atoms with Gasteiger partial charge in [0.2, 0.25) is 0 Å². The predicted octanol–water partition coefficient (Wildman–Crippen LogP) is 2.30. The third-order valence-corrected chi connectivity index (χ3v) is 2.67. The lowest BCUT2D eigenvalue weighted by Gasteiger charge is -2.22. The minimum atomic E-state index is -0.778. The van der Waals surface area contributed by atoms with Gasteiger partial charge in [-0.2, -0.15) is 0 Å². The van der Waals surface area contributed by atoms with Gasteiger partial charge in [-0.3, -0.25) is 15.0 Å². The summed E-state index contributed by atoms with van der Waals surface area (Å²) >= 11 is 0. The van der Waals surface area contributed by atoms with E-state index < -0.39 is 11.0 Å². The van der Waals surface area contributed by atoms with Crippen LogP contribution in [0.25, 0.3) is 0 Å². The fourth-order valence-corrected chi connectivity index (χ4v) is 1.78. The minimum Gasteiger partial charge on any atom is -0.387 e. The van der Waals surface area contributed by atoms with Gasteiger partial charge < -0.3 is 5.11 Å². The number of nitro groups is 1. The number of benzene rings is 1. The van der Waals surface area contributed by atoms with E-state index in [-0.39, 0.29) is 5.69 Å². The quantitative estimate of drug-likeness (QED) is 0.443. The molecule has 1 N–H and O–H groups in total. The molecule has 0 saturated heterocycles. The van der Waals surface area contributed by atoms with Crippen LogP contribution in [0.5, 0.6) is 0 Å². The highest BCUT2D eigenvalue weighted by Crippen LogP contribution is 2.20. The number of aliphatic hydroxyl groups excluding tert-OH is 1. The second kappa shape index (κ2) is 7.45. The Labute approximate surface area is 112 Å². The molecule has 102 valence electrons. The van der Waals surface area contributed by atoms with Crippen LogP contribution in [-0.4, -0.2) is 34.6 Å². The molecule has 0 aromatic heterocycles. The molecule has 0 aliphatic rings. The fraction of sp³-hybridized carbons (Fsp3) is 0.286. The van der Waals surface area contributed by atoms with E-state index in [1.54, 1.807) is 24.3 Å². The van der Waals surface area contributed by atoms with Gasteiger partial charge in [0.15, 0.2) is 0 Å². The van der Waals surface area contributed by atoms with E-state index >= 15 is 0 Å². The SMILES string of the molecule is C=CCN(CC=C)CC(O)c1cccc([N+](=O)[O-])c1. The van der Waals surface area contributed by atoms with E-state index in [0.717, 1.165) is 0 Å². The van der Waals surface area contributed by atoms with Crippen LogP contribution >= 0.6 is 0 Å². The zero-order valence-electron chi connectivity index (χ0n) is 10.7. The standard InChI is InChI=1S/C14H18N2O3/c1-3-8-15(9-4-2)11-14(17)12-6-5-7-13(10-12)16(18)19/h3-7,10,14,17H,1-2,8-9,11H2. The average molecular weight is 262 g/mol. The maximum Gasteiger partial charge on any atom is 0.269 e. The van der Waals surface area contributed by atoms with Gasteiger partial charge in [-0.1, -0.05) is 24.3 Å². The molecule has 1 atom stereocenters. The van der Waals surface area contributed by atoms with E-state index in [1.165, 1.54) is 12.1 Å². The molecule has 0 bridgehead atoms. The summed E-state index contributed by atoms with van der Waals surface area (Å²) < 4.78 is 0. The minimum absolute atomic E-state index is 0.0180. The van der Waals surface area contributed by atoms with Crippen molar-refractivity contribution in [2.45, 2.75) is 6.10 Å². The summed E-state index contributed by atoms with van der Waals surface area (Å²) in [6, 6.07) is 6.05. The number of nitrogens with zero attached hydrogens (tertiary/aromatic N) is 2. The molecule has 5 heteroatoms. The van der Waals surface area contributed by atoms with Gasteiger partial charge in [-0.15, -0.1) is 13.2 Å². The Bertz CT molecular complexity index is 450. The third kappa shape index (κ3) is 4.65. The summed E-state index contributed by atoms with van der Waals surface area (Å²) in [5.41, 5.74) is 0.517. The van der Waals surface area contributed by atoms with Crippen molar-refractivity contribution in [1.82, 2.24) is 4.90 Å². The maximum atomic E-state index is 10.7. The molecule has 0 aliphatic carbocycles. The zero-order chi connectivity index (χ0) is 14.3. The molecular weight excluding hydrogens is 244 g/mol. The van der Waals surface area contributed by atoms with Gasteiger partial charge >= 0.3 is 0 Å². The fourth-order valence-electron chi connectivity index (χ4n) is 1.78. The summed E-state index contributed by atoms with van der Waals surface area (Å²) in [5.74, 6) is 0. The summed E-state index contributed by atoms with van der Waals surface area (Å²) in [6.45, 7) is 8.93. The van der Waals surface area contributed by atoms with Gasteiger partial charge in [-0.05, 0) is 5.56 Å². The summed E-state index contributed by atoms with van der Waals surface area (Å²) in [7, 11) is 0. The molecule has 0 heterocycles. The number of rotatable bonds is 8. The molecule has 0 radical (unpaired) electrons.